The van der Waals surface area contributed by atoms with Crippen LogP contribution >= 0.6 is 11.6 Å². The van der Waals surface area contributed by atoms with Crippen LogP contribution in [0.15, 0.2) is 41.6 Å². The van der Waals surface area contributed by atoms with Gasteiger partial charge in [-0.3, -0.25) is 4.72 Å². The molecular formula is C25H23ClF2N4O5S. The van der Waals surface area contributed by atoms with E-state index in [1.165, 1.54) is 25.6 Å². The summed E-state index contributed by atoms with van der Waals surface area (Å²) in [5, 5.41) is 22.6. The van der Waals surface area contributed by atoms with Crippen molar-refractivity contribution in [2.75, 3.05) is 23.7 Å². The lowest BCUT2D eigenvalue weighted by atomic mass is 9.80. The fourth-order valence-corrected chi connectivity index (χ4v) is 5.34. The molecular weight excluding hydrogens is 542 g/mol. The number of sulfonamides is 1. The minimum Gasteiger partial charge on any atom is -0.495 e. The van der Waals surface area contributed by atoms with E-state index in [1.807, 2.05) is 0 Å². The first-order chi connectivity index (χ1) is 18.0. The van der Waals surface area contributed by atoms with Crippen LogP contribution in [0.4, 0.5) is 20.4 Å². The zero-order valence-corrected chi connectivity index (χ0v) is 21.6. The molecule has 1 saturated carbocycles. The summed E-state index contributed by atoms with van der Waals surface area (Å²) >= 11 is 5.97. The van der Waals surface area contributed by atoms with E-state index < -0.39 is 50.0 Å². The first-order valence-corrected chi connectivity index (χ1v) is 13.2. The molecule has 0 unspecified atom stereocenters. The van der Waals surface area contributed by atoms with Gasteiger partial charge in [-0.25, -0.2) is 27.2 Å². The van der Waals surface area contributed by atoms with Crippen LogP contribution in [0.3, 0.4) is 0 Å². The Morgan fingerprint density at radius 3 is 2.50 bits per heavy atom. The highest BCUT2D eigenvalue weighted by molar-refractivity contribution is 7.92. The Morgan fingerprint density at radius 1 is 1.18 bits per heavy atom. The van der Waals surface area contributed by atoms with E-state index in [9.17, 15) is 23.0 Å². The number of hydrogen-bond acceptors (Lipinski definition) is 8. The number of nitrogens with one attached hydrogen (secondary N) is 2. The lowest BCUT2D eigenvalue weighted by Crippen LogP contribution is -2.43. The Labute approximate surface area is 222 Å². The van der Waals surface area contributed by atoms with Gasteiger partial charge in [0, 0.05) is 29.5 Å². The molecule has 0 amide bonds. The second-order valence-electron chi connectivity index (χ2n) is 8.62. The molecule has 1 heterocycles. The fourth-order valence-electron chi connectivity index (χ4n) is 3.74. The molecule has 1 aliphatic rings. The van der Waals surface area contributed by atoms with Crippen LogP contribution in [-0.4, -0.2) is 47.9 Å². The Bertz CT molecular complexity index is 1520. The summed E-state index contributed by atoms with van der Waals surface area (Å²) < 4.78 is 62.8. The maximum absolute atomic E-state index is 15.2. The molecule has 0 bridgehead atoms. The van der Waals surface area contributed by atoms with Crippen molar-refractivity contribution >= 4 is 33.3 Å². The van der Waals surface area contributed by atoms with Crippen LogP contribution in [0, 0.1) is 23.5 Å². The first kappa shape index (κ1) is 27.5. The normalized spacial score (nSPS) is 14.2. The summed E-state index contributed by atoms with van der Waals surface area (Å²) in [6.07, 6.45) is 5.06. The van der Waals surface area contributed by atoms with Gasteiger partial charge in [-0.05, 0) is 43.5 Å². The smallest absolute Gasteiger partial charge is 0.265 e. The topological polar surface area (TPSA) is 134 Å². The molecule has 2 aromatic carbocycles. The quantitative estimate of drug-likeness (QED) is 0.306. The molecule has 0 aliphatic heterocycles. The van der Waals surface area contributed by atoms with Crippen LogP contribution in [0.2, 0.25) is 5.02 Å². The van der Waals surface area contributed by atoms with Gasteiger partial charge >= 0.3 is 0 Å². The summed E-state index contributed by atoms with van der Waals surface area (Å²) in [4.78, 5) is 7.72. The highest BCUT2D eigenvalue weighted by atomic mass is 35.5. The summed E-state index contributed by atoms with van der Waals surface area (Å²) in [6, 6.07) is 4.19. The first-order valence-electron chi connectivity index (χ1n) is 11.3. The third-order valence-corrected chi connectivity index (χ3v) is 7.53. The standard InChI is InChI=1S/C25H23ClF2N4O5S/c1-37-23-16(13-33)9-17(26)10-21(23)38(35,36)32-20-6-5-19(27)18(22(20)28)4-3-15-11-29-24(30-12-15)31-14-25(34)7-2-8-25/h5-6,9-12,32-34H,2,7-8,13-14H2,1H3,(H,29,30,31). The number of methoxy groups -OCH3 is 1. The molecule has 0 saturated heterocycles. The van der Waals surface area contributed by atoms with Gasteiger partial charge in [0.25, 0.3) is 10.0 Å². The molecule has 1 aromatic heterocycles. The van der Waals surface area contributed by atoms with Gasteiger partial charge in [-0.15, -0.1) is 0 Å². The van der Waals surface area contributed by atoms with Gasteiger partial charge in [0.1, 0.15) is 16.5 Å². The van der Waals surface area contributed by atoms with Crippen LogP contribution in [0.25, 0.3) is 0 Å². The highest BCUT2D eigenvalue weighted by Gasteiger charge is 2.34. The lowest BCUT2D eigenvalue weighted by molar-refractivity contribution is -0.0203. The van der Waals surface area contributed by atoms with Crippen LogP contribution in [0.1, 0.15) is 36.0 Å². The van der Waals surface area contributed by atoms with Gasteiger partial charge in [0.2, 0.25) is 5.95 Å². The van der Waals surface area contributed by atoms with E-state index in [-0.39, 0.29) is 27.8 Å². The number of aromatic nitrogens is 2. The maximum Gasteiger partial charge on any atom is 0.265 e. The van der Waals surface area contributed by atoms with Crippen molar-refractivity contribution in [1.82, 2.24) is 9.97 Å². The van der Waals surface area contributed by atoms with Gasteiger partial charge in [0.05, 0.1) is 36.1 Å². The number of benzene rings is 2. The minimum absolute atomic E-state index is 0.00343. The Balaban J connectivity index is 1.57. The lowest BCUT2D eigenvalue weighted by Gasteiger charge is -2.36. The van der Waals surface area contributed by atoms with Gasteiger partial charge in [-0.1, -0.05) is 23.4 Å². The minimum atomic E-state index is -4.48. The predicted molar refractivity (Wildman–Crippen MR) is 136 cm³/mol. The molecule has 0 spiro atoms. The molecule has 1 aliphatic carbocycles. The van der Waals surface area contributed by atoms with Gasteiger partial charge in [-0.2, -0.15) is 0 Å². The number of halogens is 3. The summed E-state index contributed by atoms with van der Waals surface area (Å²) in [5.74, 6) is 2.76. The van der Waals surface area contributed by atoms with Crippen LogP contribution < -0.4 is 14.8 Å². The van der Waals surface area contributed by atoms with E-state index in [1.54, 1.807) is 0 Å². The summed E-state index contributed by atoms with van der Waals surface area (Å²) in [5.41, 5.74) is -1.64. The van der Waals surface area contributed by atoms with Crippen molar-refractivity contribution in [3.8, 4) is 17.6 Å². The molecule has 200 valence electrons. The number of aliphatic hydroxyl groups excluding tert-OH is 1. The molecule has 4 N–H and O–H groups in total. The van der Waals surface area contributed by atoms with Crippen molar-refractivity contribution in [2.45, 2.75) is 36.4 Å². The monoisotopic (exact) mass is 564 g/mol. The van der Waals surface area contributed by atoms with Gasteiger partial charge in [0.15, 0.2) is 5.82 Å². The molecule has 0 atom stereocenters. The molecule has 1 fully saturated rings. The van der Waals surface area contributed by atoms with Crippen LogP contribution in [0.5, 0.6) is 5.75 Å². The third kappa shape index (κ3) is 5.97. The van der Waals surface area contributed by atoms with Crippen molar-refractivity contribution in [3.05, 3.63) is 70.0 Å². The van der Waals surface area contributed by atoms with E-state index >= 15 is 4.39 Å². The summed E-state index contributed by atoms with van der Waals surface area (Å²) in [6.45, 7) is -0.251. The number of anilines is 2. The number of nitrogens with zero attached hydrogens (tertiary/aromatic N) is 2. The largest absolute Gasteiger partial charge is 0.495 e. The Hall–Kier alpha value is -3.50. The second kappa shape index (κ2) is 11.1. The average Bonchev–Trinajstić information content (AvgIpc) is 2.88. The number of hydrogen-bond donors (Lipinski definition) is 4. The number of ether oxygens (including phenoxy) is 1. The second-order valence-corrected chi connectivity index (χ2v) is 10.7. The number of aliphatic hydroxyl groups is 2. The summed E-state index contributed by atoms with van der Waals surface area (Å²) in [7, 11) is -3.27. The zero-order valence-electron chi connectivity index (χ0n) is 20.1. The number of rotatable bonds is 8. The predicted octanol–water partition coefficient (Wildman–Crippen LogP) is 3.44. The molecule has 38 heavy (non-hydrogen) atoms. The van der Waals surface area contributed by atoms with E-state index in [0.717, 1.165) is 24.6 Å². The average molecular weight is 565 g/mol. The van der Waals surface area contributed by atoms with E-state index in [2.05, 4.69) is 31.8 Å². The molecule has 0 radical (unpaired) electrons. The Morgan fingerprint density at radius 2 is 1.89 bits per heavy atom. The maximum atomic E-state index is 15.2. The molecule has 9 nitrogen and oxygen atoms in total. The van der Waals surface area contributed by atoms with E-state index in [0.29, 0.717) is 19.4 Å². The highest BCUT2D eigenvalue weighted by Crippen LogP contribution is 2.34. The molecule has 4 rings (SSSR count). The van der Waals surface area contributed by atoms with Crippen molar-refractivity contribution in [2.24, 2.45) is 0 Å². The third-order valence-electron chi connectivity index (χ3n) is 5.94. The Kier molecular flexibility index (Phi) is 8.03. The van der Waals surface area contributed by atoms with Gasteiger partial charge < -0.3 is 20.3 Å². The SMILES string of the molecule is COc1c(CO)cc(Cl)cc1S(=O)(=O)Nc1ccc(F)c(C#Cc2cnc(NCC3(O)CCC3)nc2)c1F. The molecule has 13 heteroatoms. The van der Waals surface area contributed by atoms with Crippen molar-refractivity contribution in [1.29, 1.82) is 0 Å². The molecule has 3 aromatic rings. The zero-order chi connectivity index (χ0) is 27.5. The van der Waals surface area contributed by atoms with E-state index in [4.69, 9.17) is 16.3 Å². The van der Waals surface area contributed by atoms with Crippen LogP contribution in [-0.2, 0) is 16.6 Å². The van der Waals surface area contributed by atoms with Crippen molar-refractivity contribution < 1.29 is 32.1 Å². The fraction of sp³-hybridized carbons (Fsp3) is 0.280. The van der Waals surface area contributed by atoms with Crippen molar-refractivity contribution in [3.63, 3.8) is 0 Å².